The lowest BCUT2D eigenvalue weighted by Crippen LogP contribution is -2.47. The zero-order valence-corrected chi connectivity index (χ0v) is 16.9. The second-order valence-corrected chi connectivity index (χ2v) is 9.86. The molecule has 2 rings (SSSR count). The van der Waals surface area contributed by atoms with Crippen molar-refractivity contribution in [1.29, 1.82) is 0 Å². The highest BCUT2D eigenvalue weighted by molar-refractivity contribution is 5.70. The molecule has 0 amide bonds. The second-order valence-electron chi connectivity index (χ2n) is 9.86. The summed E-state index contributed by atoms with van der Waals surface area (Å²) in [5.74, 6) is 1.08. The summed E-state index contributed by atoms with van der Waals surface area (Å²) in [5, 5.41) is 0. The summed E-state index contributed by atoms with van der Waals surface area (Å²) in [5.41, 5.74) is 0.702. The average Bonchev–Trinajstić information content (AvgIpc) is 2.77. The van der Waals surface area contributed by atoms with E-state index in [1.807, 2.05) is 0 Å². The maximum atomic E-state index is 11.9. The zero-order chi connectivity index (χ0) is 18.2. The summed E-state index contributed by atoms with van der Waals surface area (Å²) in [6.07, 6.45) is 4.22. The molecule has 2 aliphatic rings. The summed E-state index contributed by atoms with van der Waals surface area (Å²) in [7, 11) is 4.15. The third-order valence-corrected chi connectivity index (χ3v) is 6.86. The fourth-order valence-electron chi connectivity index (χ4n) is 4.56. The van der Waals surface area contributed by atoms with Gasteiger partial charge in [-0.1, -0.05) is 34.6 Å². The predicted octanol–water partition coefficient (Wildman–Crippen LogP) is 3.49. The van der Waals surface area contributed by atoms with E-state index in [2.05, 4.69) is 48.7 Å². The Labute approximate surface area is 148 Å². The van der Waals surface area contributed by atoms with Crippen molar-refractivity contribution in [2.75, 3.05) is 40.4 Å². The predicted molar refractivity (Wildman–Crippen MR) is 96.6 cm³/mol. The first-order valence-electron chi connectivity index (χ1n) is 9.57. The van der Waals surface area contributed by atoms with Gasteiger partial charge in [0.15, 0.2) is 6.54 Å². The molecule has 140 valence electrons. The molecule has 0 aliphatic heterocycles. The van der Waals surface area contributed by atoms with Gasteiger partial charge >= 0.3 is 5.97 Å². The lowest BCUT2D eigenvalue weighted by Gasteiger charge is -2.39. The van der Waals surface area contributed by atoms with Gasteiger partial charge in [-0.25, -0.2) is 4.79 Å². The Morgan fingerprint density at radius 3 is 2.42 bits per heavy atom. The molecule has 4 nitrogen and oxygen atoms in total. The summed E-state index contributed by atoms with van der Waals surface area (Å²) < 4.78 is 12.2. The summed E-state index contributed by atoms with van der Waals surface area (Å²) in [4.78, 5) is 11.9. The van der Waals surface area contributed by atoms with Crippen LogP contribution in [0.3, 0.4) is 0 Å². The van der Waals surface area contributed by atoms with E-state index in [1.165, 1.54) is 19.3 Å². The van der Waals surface area contributed by atoms with Crippen LogP contribution in [-0.2, 0) is 14.3 Å². The minimum absolute atomic E-state index is 0.110. The first-order chi connectivity index (χ1) is 11.0. The van der Waals surface area contributed by atoms with Gasteiger partial charge < -0.3 is 14.0 Å². The lowest BCUT2D eigenvalue weighted by atomic mass is 9.70. The summed E-state index contributed by atoms with van der Waals surface area (Å²) >= 11 is 0. The molecule has 2 fully saturated rings. The number of carbonyl (C=O) groups is 1. The summed E-state index contributed by atoms with van der Waals surface area (Å²) in [6, 6.07) is 0. The Bertz CT molecular complexity index is 458. The quantitative estimate of drug-likeness (QED) is 0.501. The van der Waals surface area contributed by atoms with Gasteiger partial charge in [0, 0.05) is 0 Å². The molecule has 0 spiro atoms. The number of quaternary nitrogens is 1. The van der Waals surface area contributed by atoms with E-state index in [4.69, 9.17) is 9.47 Å². The maximum absolute atomic E-state index is 11.9. The van der Waals surface area contributed by atoms with Crippen molar-refractivity contribution in [1.82, 2.24) is 0 Å². The standard InChI is InChI=1S/C20H38NO3/c1-15(2)14-24-18(22)13-21(6,7)10-11-23-17-12-16-8-9-20(17,5)19(16,3)4/h15-17H,8-14H2,1-7H3/q+1/t16-,17+,20-/m1/s1. The van der Waals surface area contributed by atoms with E-state index >= 15 is 0 Å². The van der Waals surface area contributed by atoms with Crippen LogP contribution in [0.25, 0.3) is 0 Å². The molecule has 0 heterocycles. The Morgan fingerprint density at radius 2 is 1.92 bits per heavy atom. The van der Waals surface area contributed by atoms with Gasteiger partial charge in [0.25, 0.3) is 0 Å². The third kappa shape index (κ3) is 3.96. The fourth-order valence-corrected chi connectivity index (χ4v) is 4.56. The number of hydrogen-bond donors (Lipinski definition) is 0. The van der Waals surface area contributed by atoms with Gasteiger partial charge in [0.2, 0.25) is 0 Å². The molecule has 0 aromatic rings. The van der Waals surface area contributed by atoms with E-state index in [9.17, 15) is 4.79 Å². The van der Waals surface area contributed by atoms with Gasteiger partial charge in [-0.05, 0) is 41.9 Å². The lowest BCUT2D eigenvalue weighted by molar-refractivity contribution is -0.883. The number of fused-ring (bicyclic) bond motifs is 2. The number of rotatable bonds is 8. The molecule has 0 aromatic carbocycles. The van der Waals surface area contributed by atoms with Crippen molar-refractivity contribution >= 4 is 5.97 Å². The van der Waals surface area contributed by atoms with Crippen molar-refractivity contribution in [3.05, 3.63) is 0 Å². The normalized spacial score (nSPS) is 31.7. The van der Waals surface area contributed by atoms with Gasteiger partial charge in [-0.2, -0.15) is 0 Å². The van der Waals surface area contributed by atoms with Crippen molar-refractivity contribution in [3.63, 3.8) is 0 Å². The Morgan fingerprint density at radius 1 is 1.25 bits per heavy atom. The Hall–Kier alpha value is -0.610. The van der Waals surface area contributed by atoms with Crippen LogP contribution in [0.15, 0.2) is 0 Å². The van der Waals surface area contributed by atoms with E-state index in [-0.39, 0.29) is 5.97 Å². The molecule has 0 radical (unpaired) electrons. The monoisotopic (exact) mass is 340 g/mol. The number of hydrogen-bond acceptors (Lipinski definition) is 3. The Balaban J connectivity index is 1.76. The number of esters is 1. The first-order valence-corrected chi connectivity index (χ1v) is 9.57. The molecular formula is C20H38NO3+. The van der Waals surface area contributed by atoms with Crippen LogP contribution < -0.4 is 0 Å². The number of ether oxygens (including phenoxy) is 2. The fraction of sp³-hybridized carbons (Fsp3) is 0.950. The van der Waals surface area contributed by atoms with E-state index in [0.29, 0.717) is 47.1 Å². The number of likely N-dealkylation sites (N-methyl/N-ethyl adjacent to an activating group) is 1. The van der Waals surface area contributed by atoms with Crippen molar-refractivity contribution < 1.29 is 18.8 Å². The zero-order valence-electron chi connectivity index (χ0n) is 16.9. The van der Waals surface area contributed by atoms with Crippen LogP contribution in [0.5, 0.6) is 0 Å². The first kappa shape index (κ1) is 19.7. The van der Waals surface area contributed by atoms with Gasteiger partial charge in [0.05, 0.1) is 33.4 Å². The maximum Gasteiger partial charge on any atom is 0.361 e. The molecule has 4 heteroatoms. The molecule has 0 saturated heterocycles. The average molecular weight is 341 g/mol. The number of nitrogens with zero attached hydrogens (tertiary/aromatic N) is 1. The second kappa shape index (κ2) is 6.95. The largest absolute Gasteiger partial charge is 0.461 e. The van der Waals surface area contributed by atoms with Crippen LogP contribution in [0, 0.1) is 22.7 Å². The van der Waals surface area contributed by atoms with E-state index < -0.39 is 0 Å². The van der Waals surface area contributed by atoms with E-state index in [0.717, 1.165) is 12.5 Å². The third-order valence-electron chi connectivity index (χ3n) is 6.86. The molecule has 2 aliphatic carbocycles. The van der Waals surface area contributed by atoms with Gasteiger partial charge in [0.1, 0.15) is 6.54 Å². The van der Waals surface area contributed by atoms with Crippen LogP contribution in [0.2, 0.25) is 0 Å². The molecule has 2 saturated carbocycles. The van der Waals surface area contributed by atoms with Crippen LogP contribution in [-0.4, -0.2) is 57.0 Å². The highest BCUT2D eigenvalue weighted by Crippen LogP contribution is 2.66. The van der Waals surface area contributed by atoms with Crippen LogP contribution >= 0.6 is 0 Å². The molecule has 0 N–H and O–H groups in total. The Kier molecular flexibility index (Phi) is 5.71. The molecule has 2 bridgehead atoms. The minimum atomic E-state index is -0.110. The number of carbonyl (C=O) groups excluding carboxylic acids is 1. The van der Waals surface area contributed by atoms with Crippen LogP contribution in [0.1, 0.15) is 53.9 Å². The molecule has 0 aromatic heterocycles. The van der Waals surface area contributed by atoms with Crippen molar-refractivity contribution in [3.8, 4) is 0 Å². The van der Waals surface area contributed by atoms with Crippen molar-refractivity contribution in [2.45, 2.75) is 60.0 Å². The summed E-state index contributed by atoms with van der Waals surface area (Å²) in [6.45, 7) is 13.8. The van der Waals surface area contributed by atoms with Crippen LogP contribution in [0.4, 0.5) is 0 Å². The van der Waals surface area contributed by atoms with Gasteiger partial charge in [-0.15, -0.1) is 0 Å². The van der Waals surface area contributed by atoms with Gasteiger partial charge in [-0.3, -0.25) is 0 Å². The topological polar surface area (TPSA) is 35.5 Å². The highest BCUT2D eigenvalue weighted by Gasteiger charge is 2.61. The molecular weight excluding hydrogens is 302 g/mol. The molecule has 3 atom stereocenters. The minimum Gasteiger partial charge on any atom is -0.461 e. The SMILES string of the molecule is CC(C)COC(=O)C[N+](C)(C)CCO[C@H]1C[C@H]2CC[C@@]1(C)C2(C)C. The smallest absolute Gasteiger partial charge is 0.361 e. The van der Waals surface area contributed by atoms with Crippen molar-refractivity contribution in [2.24, 2.45) is 22.7 Å². The molecule has 24 heavy (non-hydrogen) atoms. The van der Waals surface area contributed by atoms with E-state index in [1.54, 1.807) is 0 Å². The highest BCUT2D eigenvalue weighted by atomic mass is 16.5. The molecule has 0 unspecified atom stereocenters.